The Bertz CT molecular complexity index is 466. The van der Waals surface area contributed by atoms with E-state index in [1.807, 2.05) is 0 Å². The average Bonchev–Trinajstić information content (AvgIpc) is 2.65. The van der Waals surface area contributed by atoms with Gasteiger partial charge in [0.15, 0.2) is 5.82 Å². The van der Waals surface area contributed by atoms with Crippen LogP contribution in [-0.2, 0) is 16.3 Å². The van der Waals surface area contributed by atoms with Crippen LogP contribution in [0.5, 0.6) is 0 Å². The molecular formula is C10H16N2O4S. The summed E-state index contributed by atoms with van der Waals surface area (Å²) in [6.07, 6.45) is 0.929. The molecular weight excluding hydrogens is 244 g/mol. The molecule has 1 unspecified atom stereocenters. The highest BCUT2D eigenvalue weighted by Crippen LogP contribution is 2.27. The fraction of sp³-hybridized carbons (Fsp3) is 0.800. The predicted octanol–water partition coefficient (Wildman–Crippen LogP) is 0.285. The van der Waals surface area contributed by atoms with Gasteiger partial charge in [-0.15, -0.1) is 0 Å². The van der Waals surface area contributed by atoms with Crippen LogP contribution >= 0.6 is 0 Å². The van der Waals surface area contributed by atoms with E-state index in [9.17, 15) is 13.5 Å². The van der Waals surface area contributed by atoms with Crippen molar-refractivity contribution < 1.29 is 18.0 Å². The van der Waals surface area contributed by atoms with E-state index in [4.69, 9.17) is 4.52 Å². The van der Waals surface area contributed by atoms with Gasteiger partial charge in [-0.25, -0.2) is 8.42 Å². The summed E-state index contributed by atoms with van der Waals surface area (Å²) in [5.41, 5.74) is 0. The van der Waals surface area contributed by atoms with Crippen molar-refractivity contribution in [1.29, 1.82) is 0 Å². The lowest BCUT2D eigenvalue weighted by Crippen LogP contribution is -2.22. The molecule has 1 fully saturated rings. The summed E-state index contributed by atoms with van der Waals surface area (Å²) >= 11 is 0. The van der Waals surface area contributed by atoms with Crippen molar-refractivity contribution in [2.45, 2.75) is 38.2 Å². The monoisotopic (exact) mass is 260 g/mol. The third kappa shape index (κ3) is 3.26. The molecule has 0 bridgehead atoms. The summed E-state index contributed by atoms with van der Waals surface area (Å²) in [7, 11) is -2.87. The second-order valence-electron chi connectivity index (χ2n) is 4.53. The first kappa shape index (κ1) is 12.5. The number of hydrogen-bond donors (Lipinski definition) is 1. The number of aliphatic hydroxyl groups is 1. The Morgan fingerprint density at radius 2 is 2.12 bits per heavy atom. The van der Waals surface area contributed by atoms with Crippen molar-refractivity contribution >= 4 is 9.84 Å². The zero-order valence-corrected chi connectivity index (χ0v) is 10.5. The van der Waals surface area contributed by atoms with E-state index < -0.39 is 15.9 Å². The van der Waals surface area contributed by atoms with Gasteiger partial charge in [-0.3, -0.25) is 0 Å². The van der Waals surface area contributed by atoms with Crippen LogP contribution in [0.3, 0.4) is 0 Å². The zero-order chi connectivity index (χ0) is 12.5. The molecule has 1 N–H and O–H groups in total. The maximum Gasteiger partial charge on any atom is 0.229 e. The maximum atomic E-state index is 11.3. The molecule has 1 aliphatic rings. The van der Waals surface area contributed by atoms with Gasteiger partial charge in [-0.05, 0) is 19.8 Å². The van der Waals surface area contributed by atoms with Gasteiger partial charge in [0.25, 0.3) is 0 Å². The van der Waals surface area contributed by atoms with Gasteiger partial charge in [-0.1, -0.05) is 5.16 Å². The standard InChI is InChI=1S/C10H16N2O4S/c1-7(13)6-9-11-10(16-12-9)8-2-4-17(14,15)5-3-8/h7-8,13H,2-6H2,1H3. The molecule has 1 aliphatic heterocycles. The van der Waals surface area contributed by atoms with Crippen LogP contribution in [-0.4, -0.2) is 41.3 Å². The van der Waals surface area contributed by atoms with Crippen LogP contribution in [0.2, 0.25) is 0 Å². The number of hydrogen-bond acceptors (Lipinski definition) is 6. The largest absolute Gasteiger partial charge is 0.393 e. The lowest BCUT2D eigenvalue weighted by atomic mass is 10.0. The topological polar surface area (TPSA) is 93.3 Å². The van der Waals surface area contributed by atoms with Crippen molar-refractivity contribution in [3.05, 3.63) is 11.7 Å². The van der Waals surface area contributed by atoms with Crippen molar-refractivity contribution in [3.63, 3.8) is 0 Å². The van der Waals surface area contributed by atoms with Gasteiger partial charge in [0.1, 0.15) is 9.84 Å². The van der Waals surface area contributed by atoms with Gasteiger partial charge < -0.3 is 9.63 Å². The summed E-state index contributed by atoms with van der Waals surface area (Å²) in [6, 6.07) is 0. The average molecular weight is 260 g/mol. The van der Waals surface area contributed by atoms with Crippen LogP contribution < -0.4 is 0 Å². The Morgan fingerprint density at radius 1 is 1.47 bits per heavy atom. The second-order valence-corrected chi connectivity index (χ2v) is 6.83. The Balaban J connectivity index is 2.01. The van der Waals surface area contributed by atoms with E-state index in [2.05, 4.69) is 10.1 Å². The summed E-state index contributed by atoms with van der Waals surface area (Å²) in [5, 5.41) is 13.0. The molecule has 96 valence electrons. The third-order valence-electron chi connectivity index (χ3n) is 2.87. The zero-order valence-electron chi connectivity index (χ0n) is 9.66. The Labute approximate surface area is 99.9 Å². The molecule has 2 heterocycles. The highest BCUT2D eigenvalue weighted by molar-refractivity contribution is 7.91. The highest BCUT2D eigenvalue weighted by atomic mass is 32.2. The molecule has 0 saturated carbocycles. The fourth-order valence-electron chi connectivity index (χ4n) is 1.92. The molecule has 1 saturated heterocycles. The smallest absolute Gasteiger partial charge is 0.229 e. The molecule has 17 heavy (non-hydrogen) atoms. The fourth-order valence-corrected chi connectivity index (χ4v) is 3.41. The van der Waals surface area contributed by atoms with E-state index >= 15 is 0 Å². The number of nitrogens with zero attached hydrogens (tertiary/aromatic N) is 2. The molecule has 7 heteroatoms. The van der Waals surface area contributed by atoms with Crippen molar-refractivity contribution in [3.8, 4) is 0 Å². The number of sulfone groups is 1. The molecule has 0 aromatic carbocycles. The molecule has 0 radical (unpaired) electrons. The van der Waals surface area contributed by atoms with Crippen LogP contribution in [0, 0.1) is 0 Å². The molecule has 1 atom stereocenters. The van der Waals surface area contributed by atoms with Gasteiger partial charge in [0.2, 0.25) is 5.89 Å². The third-order valence-corrected chi connectivity index (χ3v) is 4.58. The molecule has 0 aliphatic carbocycles. The first-order chi connectivity index (χ1) is 7.96. The van der Waals surface area contributed by atoms with Crippen molar-refractivity contribution in [2.24, 2.45) is 0 Å². The SMILES string of the molecule is CC(O)Cc1noc(C2CCS(=O)(=O)CC2)n1. The molecule has 0 amide bonds. The molecule has 6 nitrogen and oxygen atoms in total. The normalized spacial score (nSPS) is 22.5. The summed E-state index contributed by atoms with van der Waals surface area (Å²) in [4.78, 5) is 4.19. The van der Waals surface area contributed by atoms with Crippen molar-refractivity contribution in [1.82, 2.24) is 10.1 Å². The Morgan fingerprint density at radius 3 is 2.71 bits per heavy atom. The minimum Gasteiger partial charge on any atom is -0.393 e. The van der Waals surface area contributed by atoms with Gasteiger partial charge in [-0.2, -0.15) is 4.98 Å². The van der Waals surface area contributed by atoms with E-state index in [1.165, 1.54) is 0 Å². The van der Waals surface area contributed by atoms with Crippen LogP contribution in [0.1, 0.15) is 37.4 Å². The van der Waals surface area contributed by atoms with Gasteiger partial charge in [0.05, 0.1) is 17.6 Å². The van der Waals surface area contributed by atoms with Crippen LogP contribution in [0.4, 0.5) is 0 Å². The van der Waals surface area contributed by atoms with E-state index in [-0.39, 0.29) is 17.4 Å². The Kier molecular flexibility index (Phi) is 3.48. The molecule has 0 spiro atoms. The summed E-state index contributed by atoms with van der Waals surface area (Å²) in [5.74, 6) is 1.38. The second kappa shape index (κ2) is 4.73. The number of aliphatic hydroxyl groups excluding tert-OH is 1. The van der Waals surface area contributed by atoms with E-state index in [0.29, 0.717) is 31.0 Å². The van der Waals surface area contributed by atoms with E-state index in [0.717, 1.165) is 0 Å². The Hall–Kier alpha value is -0.950. The van der Waals surface area contributed by atoms with Crippen LogP contribution in [0.15, 0.2) is 4.52 Å². The van der Waals surface area contributed by atoms with E-state index in [1.54, 1.807) is 6.92 Å². The van der Waals surface area contributed by atoms with Gasteiger partial charge in [0, 0.05) is 12.3 Å². The lowest BCUT2D eigenvalue weighted by molar-refractivity contribution is 0.191. The first-order valence-electron chi connectivity index (χ1n) is 5.67. The maximum absolute atomic E-state index is 11.3. The minimum absolute atomic E-state index is 0.0359. The number of rotatable bonds is 3. The van der Waals surface area contributed by atoms with Gasteiger partial charge >= 0.3 is 0 Å². The predicted molar refractivity (Wildman–Crippen MR) is 60.3 cm³/mol. The summed E-state index contributed by atoms with van der Waals surface area (Å²) in [6.45, 7) is 1.66. The quantitative estimate of drug-likeness (QED) is 0.839. The minimum atomic E-state index is -2.87. The molecule has 1 aromatic rings. The lowest BCUT2D eigenvalue weighted by Gasteiger charge is -2.17. The molecule has 2 rings (SSSR count). The van der Waals surface area contributed by atoms with Crippen molar-refractivity contribution in [2.75, 3.05) is 11.5 Å². The highest BCUT2D eigenvalue weighted by Gasteiger charge is 2.28. The number of aromatic nitrogens is 2. The molecule has 1 aromatic heterocycles. The van der Waals surface area contributed by atoms with Crippen LogP contribution in [0.25, 0.3) is 0 Å². The summed E-state index contributed by atoms with van der Waals surface area (Å²) < 4.78 is 27.7. The first-order valence-corrected chi connectivity index (χ1v) is 7.49.